The number of amides is 3. The van der Waals surface area contributed by atoms with Crippen molar-refractivity contribution in [3.05, 3.63) is 47.5 Å². The molecule has 0 aliphatic carbocycles. The van der Waals surface area contributed by atoms with Gasteiger partial charge in [0.15, 0.2) is 11.5 Å². The maximum atomic E-state index is 13.6. The van der Waals surface area contributed by atoms with E-state index in [2.05, 4.69) is 18.9 Å². The first-order chi connectivity index (χ1) is 19.9. The van der Waals surface area contributed by atoms with Crippen LogP contribution in [0.3, 0.4) is 0 Å². The van der Waals surface area contributed by atoms with Crippen LogP contribution in [-0.2, 0) is 17.8 Å². The Labute approximate surface area is 244 Å². The van der Waals surface area contributed by atoms with Crippen molar-refractivity contribution in [3.8, 4) is 17.2 Å². The lowest BCUT2D eigenvalue weighted by molar-refractivity contribution is -0.130. The molecule has 0 bridgehead atoms. The molecule has 2 aromatic carbocycles. The number of carbonyl (C=O) groups excluding carboxylic acids is 2. The second kappa shape index (κ2) is 15.0. The Bertz CT molecular complexity index is 1170. The number of unbranched alkanes of at least 4 members (excludes halogenated alkanes) is 2. The highest BCUT2D eigenvalue weighted by molar-refractivity contribution is 5.93. The normalized spacial score (nSPS) is 16.5. The molecule has 0 atom stereocenters. The Morgan fingerprint density at radius 3 is 2.44 bits per heavy atom. The molecule has 224 valence electrons. The van der Waals surface area contributed by atoms with Gasteiger partial charge >= 0.3 is 6.03 Å². The van der Waals surface area contributed by atoms with Gasteiger partial charge in [-0.2, -0.15) is 0 Å². The molecule has 2 fully saturated rings. The second-order valence-electron chi connectivity index (χ2n) is 11.0. The number of anilines is 1. The Kier molecular flexibility index (Phi) is 11.1. The van der Waals surface area contributed by atoms with Gasteiger partial charge in [-0.3, -0.25) is 9.69 Å². The fourth-order valence-electron chi connectivity index (χ4n) is 5.47. The topological polar surface area (TPSA) is 74.8 Å². The van der Waals surface area contributed by atoms with E-state index < -0.39 is 0 Å². The van der Waals surface area contributed by atoms with Crippen LogP contribution in [0.5, 0.6) is 17.2 Å². The first-order valence-corrected chi connectivity index (χ1v) is 14.9. The lowest BCUT2D eigenvalue weighted by Gasteiger charge is -2.36. The van der Waals surface area contributed by atoms with E-state index in [1.165, 1.54) is 0 Å². The highest BCUT2D eigenvalue weighted by Crippen LogP contribution is 2.34. The van der Waals surface area contributed by atoms with E-state index in [4.69, 9.17) is 14.2 Å². The lowest BCUT2D eigenvalue weighted by Crippen LogP contribution is -2.49. The van der Waals surface area contributed by atoms with E-state index >= 15 is 0 Å². The number of methoxy groups -OCH3 is 2. The van der Waals surface area contributed by atoms with E-state index in [0.717, 1.165) is 75.1 Å². The SMILES string of the molecule is CCCCCOc1cc(N2CCCN(Cc3ccc(CC(=O)N4CCCN(C)CC4)cc3OC)C2=O)ccc1OC. The number of urea groups is 1. The molecule has 9 heteroatoms. The number of likely N-dealkylation sites (N-methyl/N-ethyl adjacent to an activating group) is 1. The number of hydrogen-bond donors (Lipinski definition) is 0. The van der Waals surface area contributed by atoms with Gasteiger partial charge in [-0.05, 0) is 56.6 Å². The third-order valence-corrected chi connectivity index (χ3v) is 7.92. The average molecular weight is 567 g/mol. The summed E-state index contributed by atoms with van der Waals surface area (Å²) in [6.07, 6.45) is 5.40. The van der Waals surface area contributed by atoms with Gasteiger partial charge in [-0.1, -0.05) is 31.9 Å². The number of carbonyl (C=O) groups is 2. The van der Waals surface area contributed by atoms with Crippen LogP contribution in [0.4, 0.5) is 10.5 Å². The van der Waals surface area contributed by atoms with Crippen LogP contribution in [0, 0.1) is 0 Å². The second-order valence-corrected chi connectivity index (χ2v) is 11.0. The minimum atomic E-state index is -0.0502. The molecular weight excluding hydrogens is 520 g/mol. The quantitative estimate of drug-likeness (QED) is 0.343. The van der Waals surface area contributed by atoms with Crippen LogP contribution < -0.4 is 19.1 Å². The van der Waals surface area contributed by atoms with Crippen LogP contribution in [0.2, 0.25) is 0 Å². The number of nitrogens with zero attached hydrogens (tertiary/aromatic N) is 4. The molecule has 0 N–H and O–H groups in total. The first kappa shape index (κ1) is 30.5. The summed E-state index contributed by atoms with van der Waals surface area (Å²) in [5, 5.41) is 0. The van der Waals surface area contributed by atoms with E-state index in [9.17, 15) is 9.59 Å². The van der Waals surface area contributed by atoms with Crippen molar-refractivity contribution in [1.29, 1.82) is 0 Å². The minimum absolute atomic E-state index is 0.0502. The fraction of sp³-hybridized carbons (Fsp3) is 0.562. The summed E-state index contributed by atoms with van der Waals surface area (Å²) in [5.74, 6) is 2.16. The Morgan fingerprint density at radius 1 is 0.854 bits per heavy atom. The van der Waals surface area contributed by atoms with Crippen LogP contribution >= 0.6 is 0 Å². The molecule has 0 radical (unpaired) electrons. The fourth-order valence-corrected chi connectivity index (χ4v) is 5.47. The maximum absolute atomic E-state index is 13.6. The third-order valence-electron chi connectivity index (χ3n) is 7.92. The highest BCUT2D eigenvalue weighted by Gasteiger charge is 2.28. The van der Waals surface area contributed by atoms with Gasteiger partial charge in [-0.15, -0.1) is 0 Å². The molecule has 4 rings (SSSR count). The van der Waals surface area contributed by atoms with Crippen molar-refractivity contribution < 1.29 is 23.8 Å². The van der Waals surface area contributed by atoms with E-state index in [1.807, 2.05) is 46.2 Å². The molecular formula is C32H46N4O5. The third kappa shape index (κ3) is 8.06. The molecule has 2 heterocycles. The zero-order valence-electron chi connectivity index (χ0n) is 25.2. The van der Waals surface area contributed by atoms with Gasteiger partial charge in [-0.25, -0.2) is 4.79 Å². The van der Waals surface area contributed by atoms with E-state index in [-0.39, 0.29) is 11.9 Å². The van der Waals surface area contributed by atoms with Gasteiger partial charge < -0.3 is 28.9 Å². The Hall–Kier alpha value is -3.46. The van der Waals surface area contributed by atoms with E-state index in [0.29, 0.717) is 49.9 Å². The summed E-state index contributed by atoms with van der Waals surface area (Å²) in [5.41, 5.74) is 2.64. The van der Waals surface area contributed by atoms with Crippen LogP contribution in [0.15, 0.2) is 36.4 Å². The molecule has 41 heavy (non-hydrogen) atoms. The summed E-state index contributed by atoms with van der Waals surface area (Å²) >= 11 is 0. The molecule has 0 spiro atoms. The van der Waals surface area contributed by atoms with Gasteiger partial charge in [0.2, 0.25) is 5.91 Å². The summed E-state index contributed by atoms with van der Waals surface area (Å²) < 4.78 is 17.2. The summed E-state index contributed by atoms with van der Waals surface area (Å²) in [7, 11) is 5.37. The molecule has 0 unspecified atom stereocenters. The molecule has 9 nitrogen and oxygen atoms in total. The Morgan fingerprint density at radius 2 is 1.66 bits per heavy atom. The van der Waals surface area contributed by atoms with Gasteiger partial charge in [0, 0.05) is 50.0 Å². The van der Waals surface area contributed by atoms with Crippen molar-refractivity contribution >= 4 is 17.6 Å². The number of rotatable bonds is 12. The number of ether oxygens (including phenoxy) is 3. The molecule has 0 saturated carbocycles. The molecule has 2 saturated heterocycles. The van der Waals surface area contributed by atoms with Crippen molar-refractivity contribution in [3.63, 3.8) is 0 Å². The van der Waals surface area contributed by atoms with Crippen LogP contribution in [-0.4, -0.2) is 93.8 Å². The largest absolute Gasteiger partial charge is 0.496 e. The van der Waals surface area contributed by atoms with Crippen LogP contribution in [0.1, 0.15) is 50.2 Å². The zero-order valence-corrected chi connectivity index (χ0v) is 25.2. The molecule has 0 aromatic heterocycles. The van der Waals surface area contributed by atoms with Gasteiger partial charge in [0.05, 0.1) is 33.8 Å². The zero-order chi connectivity index (χ0) is 29.2. The Balaban J connectivity index is 1.42. The van der Waals surface area contributed by atoms with Crippen molar-refractivity contribution in [1.82, 2.24) is 14.7 Å². The van der Waals surface area contributed by atoms with Crippen LogP contribution in [0.25, 0.3) is 0 Å². The predicted octanol–water partition coefficient (Wildman–Crippen LogP) is 4.81. The monoisotopic (exact) mass is 566 g/mol. The maximum Gasteiger partial charge on any atom is 0.324 e. The predicted molar refractivity (Wildman–Crippen MR) is 161 cm³/mol. The summed E-state index contributed by atoms with van der Waals surface area (Å²) in [4.78, 5) is 34.5. The minimum Gasteiger partial charge on any atom is -0.496 e. The van der Waals surface area contributed by atoms with Crippen molar-refractivity contribution in [2.24, 2.45) is 0 Å². The number of hydrogen-bond acceptors (Lipinski definition) is 6. The van der Waals surface area contributed by atoms with Gasteiger partial charge in [0.25, 0.3) is 0 Å². The van der Waals surface area contributed by atoms with Crippen molar-refractivity contribution in [2.75, 3.05) is 72.0 Å². The van der Waals surface area contributed by atoms with Crippen molar-refractivity contribution in [2.45, 2.75) is 52.0 Å². The van der Waals surface area contributed by atoms with E-state index in [1.54, 1.807) is 19.1 Å². The molecule has 3 amide bonds. The molecule has 2 aliphatic rings. The summed E-state index contributed by atoms with van der Waals surface area (Å²) in [6, 6.07) is 11.5. The average Bonchev–Trinajstić information content (AvgIpc) is 3.21. The smallest absolute Gasteiger partial charge is 0.324 e. The first-order valence-electron chi connectivity index (χ1n) is 14.9. The highest BCUT2D eigenvalue weighted by atomic mass is 16.5. The van der Waals surface area contributed by atoms with Gasteiger partial charge in [0.1, 0.15) is 5.75 Å². The number of benzene rings is 2. The summed E-state index contributed by atoms with van der Waals surface area (Å²) in [6.45, 7) is 8.00. The molecule has 2 aliphatic heterocycles. The molecule has 2 aromatic rings. The lowest BCUT2D eigenvalue weighted by atomic mass is 10.1. The standard InChI is InChI=1S/C32H46N4O5/c1-5-6-7-20-41-30-23-27(12-13-28(30)39-3)36-17-9-16-35(32(36)38)24-26-11-10-25(21-29(26)40-4)22-31(37)34-15-8-14-33(2)18-19-34/h10-13,21,23H,5-9,14-20,22,24H2,1-4H3.